The molecule has 0 aromatic heterocycles. The predicted octanol–water partition coefficient (Wildman–Crippen LogP) is 6.26. The number of nitrogens with zero attached hydrogens (tertiary/aromatic N) is 2. The molecule has 2 amide bonds. The third-order valence-corrected chi connectivity index (χ3v) is 7.72. The van der Waals surface area contributed by atoms with Gasteiger partial charge in [-0.25, -0.2) is 4.99 Å². The fourth-order valence-corrected chi connectivity index (χ4v) is 5.69. The molecule has 0 saturated carbocycles. The van der Waals surface area contributed by atoms with Crippen LogP contribution in [-0.4, -0.2) is 34.2 Å². The van der Waals surface area contributed by atoms with E-state index in [1.807, 2.05) is 85.8 Å². The van der Waals surface area contributed by atoms with Gasteiger partial charge in [0.05, 0.1) is 17.3 Å². The monoisotopic (exact) mass is 510 g/mol. The van der Waals surface area contributed by atoms with Crippen molar-refractivity contribution in [1.29, 1.82) is 0 Å². The third-order valence-electron chi connectivity index (χ3n) is 6.64. The van der Waals surface area contributed by atoms with Crippen molar-refractivity contribution in [3.63, 3.8) is 0 Å². The molecule has 3 aromatic rings. The van der Waals surface area contributed by atoms with E-state index in [1.165, 1.54) is 5.56 Å². The molecule has 0 bridgehead atoms. The Bertz CT molecular complexity index is 1350. The van der Waals surface area contributed by atoms with Crippen molar-refractivity contribution < 1.29 is 9.59 Å². The van der Waals surface area contributed by atoms with Crippen LogP contribution in [-0.2, 0) is 11.2 Å². The van der Waals surface area contributed by atoms with Crippen LogP contribution in [0.3, 0.4) is 0 Å². The number of amides is 2. The van der Waals surface area contributed by atoms with Gasteiger partial charge in [-0.2, -0.15) is 0 Å². The first-order valence-corrected chi connectivity index (χ1v) is 13.6. The van der Waals surface area contributed by atoms with Gasteiger partial charge in [-0.05, 0) is 67.3 Å². The molecule has 5 rings (SSSR count). The average molecular weight is 511 g/mol. The summed E-state index contributed by atoms with van der Waals surface area (Å²) in [7, 11) is 0. The Kier molecular flexibility index (Phi) is 7.42. The highest BCUT2D eigenvalue weighted by Gasteiger charge is 2.37. The molecule has 2 heterocycles. The van der Waals surface area contributed by atoms with Gasteiger partial charge in [0.2, 0.25) is 0 Å². The molecule has 0 aliphatic carbocycles. The van der Waals surface area contributed by atoms with E-state index in [-0.39, 0.29) is 17.9 Å². The number of carbonyl (C=O) groups excluding carboxylic acids is 2. The van der Waals surface area contributed by atoms with Gasteiger partial charge in [0, 0.05) is 29.2 Å². The zero-order valence-corrected chi connectivity index (χ0v) is 21.8. The van der Waals surface area contributed by atoms with E-state index in [0.717, 1.165) is 47.3 Å². The van der Waals surface area contributed by atoms with Gasteiger partial charge in [0.1, 0.15) is 0 Å². The van der Waals surface area contributed by atoms with Crippen LogP contribution in [0.4, 0.5) is 11.4 Å². The molecule has 1 atom stereocenters. The molecule has 0 spiro atoms. The molecule has 2 aliphatic heterocycles. The van der Waals surface area contributed by atoms with E-state index >= 15 is 0 Å². The van der Waals surface area contributed by atoms with Crippen molar-refractivity contribution in [2.45, 2.75) is 32.7 Å². The van der Waals surface area contributed by atoms with Crippen molar-refractivity contribution in [2.75, 3.05) is 22.9 Å². The van der Waals surface area contributed by atoms with Crippen LogP contribution in [0.15, 0.2) is 95.1 Å². The summed E-state index contributed by atoms with van der Waals surface area (Å²) in [6.07, 6.45) is 1.96. The molecule has 1 fully saturated rings. The highest BCUT2D eigenvalue weighted by Crippen LogP contribution is 2.40. The fraction of sp³-hybridized carbons (Fsp3) is 0.233. The molecule has 2 aliphatic rings. The van der Waals surface area contributed by atoms with Crippen LogP contribution in [0.2, 0.25) is 0 Å². The number of rotatable bonds is 6. The summed E-state index contributed by atoms with van der Waals surface area (Å²) in [4.78, 5) is 33.3. The Labute approximate surface area is 221 Å². The number of carbonyl (C=O) groups is 2. The Morgan fingerprint density at radius 1 is 0.919 bits per heavy atom. The van der Waals surface area contributed by atoms with Gasteiger partial charge in [-0.15, -0.1) is 0 Å². The summed E-state index contributed by atoms with van der Waals surface area (Å²) in [5, 5.41) is 6.99. The number of hydrogen-bond acceptors (Lipinski definition) is 5. The average Bonchev–Trinajstić information content (AvgIpc) is 2.93. The quantitative estimate of drug-likeness (QED) is 0.410. The van der Waals surface area contributed by atoms with Crippen molar-refractivity contribution in [3.8, 4) is 0 Å². The molecule has 1 saturated heterocycles. The SMILES string of the molecule is CCc1ccc(C(=O)Nc2ccc(C3C(C(=O)Nc4ccccc4)=C(C)N=C4SCCCN43)cc2)cc1. The van der Waals surface area contributed by atoms with Crippen molar-refractivity contribution in [2.24, 2.45) is 4.99 Å². The van der Waals surface area contributed by atoms with E-state index in [9.17, 15) is 9.59 Å². The summed E-state index contributed by atoms with van der Waals surface area (Å²) in [6, 6.07) is 24.7. The van der Waals surface area contributed by atoms with Gasteiger partial charge in [-0.3, -0.25) is 9.59 Å². The zero-order chi connectivity index (χ0) is 25.8. The smallest absolute Gasteiger partial charge is 0.255 e. The third kappa shape index (κ3) is 5.47. The number of amidine groups is 1. The normalized spacial score (nSPS) is 17.1. The minimum atomic E-state index is -0.254. The maximum atomic E-state index is 13.5. The minimum absolute atomic E-state index is 0.145. The number of aliphatic imine (C=N–C) groups is 1. The molecule has 7 heteroatoms. The first-order chi connectivity index (χ1) is 18.0. The van der Waals surface area contributed by atoms with Crippen molar-refractivity contribution in [3.05, 3.63) is 107 Å². The van der Waals surface area contributed by atoms with Gasteiger partial charge in [0.25, 0.3) is 11.8 Å². The largest absolute Gasteiger partial charge is 0.340 e. The van der Waals surface area contributed by atoms with E-state index < -0.39 is 0 Å². The van der Waals surface area contributed by atoms with Crippen LogP contribution < -0.4 is 10.6 Å². The Hall–Kier alpha value is -3.84. The number of hydrogen-bond donors (Lipinski definition) is 2. The Balaban J connectivity index is 1.40. The second kappa shape index (κ2) is 11.0. The maximum Gasteiger partial charge on any atom is 0.255 e. The van der Waals surface area contributed by atoms with E-state index in [4.69, 9.17) is 4.99 Å². The van der Waals surface area contributed by atoms with Crippen LogP contribution >= 0.6 is 11.8 Å². The molecular weight excluding hydrogens is 480 g/mol. The van der Waals surface area contributed by atoms with Gasteiger partial charge in [-0.1, -0.05) is 61.2 Å². The molecule has 1 unspecified atom stereocenters. The standard InChI is InChI=1S/C30H30N4O2S/c1-3-21-10-12-23(13-11-21)28(35)32-25-16-14-22(15-17-25)27-26(29(36)33-24-8-5-4-6-9-24)20(2)31-30-34(27)18-7-19-37-30/h4-6,8-17,27H,3,7,18-19H2,1-2H3,(H,32,35)(H,33,36). The topological polar surface area (TPSA) is 73.8 Å². The highest BCUT2D eigenvalue weighted by molar-refractivity contribution is 8.13. The van der Waals surface area contributed by atoms with Crippen LogP contribution in [0.25, 0.3) is 0 Å². The van der Waals surface area contributed by atoms with E-state index in [2.05, 4.69) is 22.5 Å². The molecule has 6 nitrogen and oxygen atoms in total. The Morgan fingerprint density at radius 3 is 2.30 bits per heavy atom. The van der Waals surface area contributed by atoms with Crippen LogP contribution in [0, 0.1) is 0 Å². The number of thioether (sulfide) groups is 1. The number of allylic oxidation sites excluding steroid dienone is 1. The lowest BCUT2D eigenvalue weighted by molar-refractivity contribution is -0.113. The van der Waals surface area contributed by atoms with Gasteiger partial charge >= 0.3 is 0 Å². The van der Waals surface area contributed by atoms with Gasteiger partial charge < -0.3 is 15.5 Å². The number of nitrogens with one attached hydrogen (secondary N) is 2. The van der Waals surface area contributed by atoms with Crippen molar-refractivity contribution in [1.82, 2.24) is 4.90 Å². The van der Waals surface area contributed by atoms with Gasteiger partial charge in [0.15, 0.2) is 5.17 Å². The molecular formula is C30H30N4O2S. The molecule has 2 N–H and O–H groups in total. The lowest BCUT2D eigenvalue weighted by Gasteiger charge is -2.40. The number of fused-ring (bicyclic) bond motifs is 1. The van der Waals surface area contributed by atoms with E-state index in [1.54, 1.807) is 11.8 Å². The summed E-state index contributed by atoms with van der Waals surface area (Å²) in [5.74, 6) is 0.721. The van der Waals surface area contributed by atoms with Crippen molar-refractivity contribution >= 4 is 40.1 Å². The molecule has 188 valence electrons. The number of anilines is 2. The summed E-state index contributed by atoms with van der Waals surface area (Å²) in [5.41, 5.74) is 5.63. The minimum Gasteiger partial charge on any atom is -0.340 e. The zero-order valence-electron chi connectivity index (χ0n) is 21.0. The first kappa shape index (κ1) is 24.8. The first-order valence-electron chi connectivity index (χ1n) is 12.6. The number of para-hydroxylation sites is 1. The fourth-order valence-electron chi connectivity index (χ4n) is 4.67. The molecule has 3 aromatic carbocycles. The summed E-state index contributed by atoms with van der Waals surface area (Å²) >= 11 is 1.73. The lowest BCUT2D eigenvalue weighted by atomic mass is 9.93. The highest BCUT2D eigenvalue weighted by atomic mass is 32.2. The van der Waals surface area contributed by atoms with Crippen LogP contribution in [0.1, 0.15) is 47.8 Å². The second-order valence-electron chi connectivity index (χ2n) is 9.14. The van der Waals surface area contributed by atoms with Crippen LogP contribution in [0.5, 0.6) is 0 Å². The second-order valence-corrected chi connectivity index (χ2v) is 10.2. The lowest BCUT2D eigenvalue weighted by Crippen LogP contribution is -2.43. The number of aryl methyl sites for hydroxylation is 1. The molecule has 0 radical (unpaired) electrons. The summed E-state index contributed by atoms with van der Waals surface area (Å²) < 4.78 is 0. The van der Waals surface area contributed by atoms with E-state index in [0.29, 0.717) is 16.8 Å². The summed E-state index contributed by atoms with van der Waals surface area (Å²) in [6.45, 7) is 4.83. The Morgan fingerprint density at radius 2 is 1.59 bits per heavy atom. The predicted molar refractivity (Wildman–Crippen MR) is 152 cm³/mol. The number of benzene rings is 3. The molecule has 37 heavy (non-hydrogen) atoms. The maximum absolute atomic E-state index is 13.5.